The van der Waals surface area contributed by atoms with E-state index < -0.39 is 0 Å². The monoisotopic (exact) mass is 665 g/mol. The van der Waals surface area contributed by atoms with Crippen LogP contribution in [0.1, 0.15) is 0 Å². The number of aromatic nitrogens is 3. The van der Waals surface area contributed by atoms with E-state index in [0.717, 1.165) is 89.0 Å². The van der Waals surface area contributed by atoms with Crippen molar-refractivity contribution in [2.45, 2.75) is 0 Å². The highest BCUT2D eigenvalue weighted by molar-refractivity contribution is 6.22. The molecule has 0 amide bonds. The normalized spacial score (nSPS) is 11.5. The molecule has 10 rings (SSSR count). The van der Waals surface area contributed by atoms with Crippen molar-refractivity contribution in [2.75, 3.05) is 0 Å². The van der Waals surface area contributed by atoms with Crippen molar-refractivity contribution in [3.8, 4) is 62.0 Å². The zero-order valence-corrected chi connectivity index (χ0v) is 28.1. The topological polar surface area (TPSA) is 43.9 Å². The van der Waals surface area contributed by atoms with E-state index in [9.17, 15) is 0 Å². The molecule has 0 saturated heterocycles. The lowest BCUT2D eigenvalue weighted by atomic mass is 9.98. The number of fused-ring (bicyclic) bond motifs is 5. The van der Waals surface area contributed by atoms with Crippen molar-refractivity contribution >= 4 is 32.8 Å². The number of benzene rings is 7. The van der Waals surface area contributed by atoms with Crippen LogP contribution in [0.3, 0.4) is 0 Å². The molecule has 0 N–H and O–H groups in total. The molecule has 0 unspecified atom stereocenters. The van der Waals surface area contributed by atoms with Crippen molar-refractivity contribution in [2.24, 2.45) is 0 Å². The fraction of sp³-hybridized carbons (Fsp3) is 0. The third kappa shape index (κ3) is 5.00. The van der Waals surface area contributed by atoms with Gasteiger partial charge in [-0.3, -0.25) is 0 Å². The molecule has 0 aliphatic carbocycles. The molecule has 3 aromatic heterocycles. The number of rotatable bonds is 6. The standard InChI is InChI=1S/C48H31N3O/c1-5-15-32(16-6-1)40-31-41(50-48(49-40)36-21-11-4-12-22-36)33-25-27-37(28-26-33)51-42-24-14-13-23-38(42)45-43(51)30-29-39-44(34-17-7-2-8-18-34)46(52-47(39)45)35-19-9-3-10-20-35/h1-31H. The molecular weight excluding hydrogens is 635 g/mol. The average molecular weight is 666 g/mol. The summed E-state index contributed by atoms with van der Waals surface area (Å²) in [5.74, 6) is 1.58. The molecule has 0 atom stereocenters. The Labute approximate surface area is 300 Å². The van der Waals surface area contributed by atoms with Gasteiger partial charge in [0.2, 0.25) is 0 Å². The van der Waals surface area contributed by atoms with Gasteiger partial charge in [0, 0.05) is 44.3 Å². The summed E-state index contributed by atoms with van der Waals surface area (Å²) < 4.78 is 9.29. The Hall–Kier alpha value is -7.04. The maximum atomic E-state index is 6.96. The first kappa shape index (κ1) is 29.8. The van der Waals surface area contributed by atoms with E-state index in [4.69, 9.17) is 14.4 Å². The van der Waals surface area contributed by atoms with E-state index in [-0.39, 0.29) is 0 Å². The summed E-state index contributed by atoms with van der Waals surface area (Å²) in [5, 5.41) is 3.35. The molecule has 10 aromatic rings. The van der Waals surface area contributed by atoms with Gasteiger partial charge < -0.3 is 8.98 Å². The van der Waals surface area contributed by atoms with Crippen LogP contribution in [0, 0.1) is 0 Å². The maximum Gasteiger partial charge on any atom is 0.160 e. The highest BCUT2D eigenvalue weighted by Gasteiger charge is 2.23. The molecular formula is C48H31N3O. The molecule has 244 valence electrons. The average Bonchev–Trinajstić information content (AvgIpc) is 3.78. The van der Waals surface area contributed by atoms with Gasteiger partial charge in [-0.1, -0.05) is 152 Å². The van der Waals surface area contributed by atoms with Crippen LogP contribution in [-0.2, 0) is 0 Å². The molecule has 0 aliphatic rings. The minimum absolute atomic E-state index is 0.704. The molecule has 0 bridgehead atoms. The second kappa shape index (κ2) is 12.4. The van der Waals surface area contributed by atoms with E-state index in [2.05, 4.69) is 150 Å². The number of hydrogen-bond donors (Lipinski definition) is 0. The molecule has 0 aliphatic heterocycles. The number of para-hydroxylation sites is 1. The fourth-order valence-corrected chi connectivity index (χ4v) is 7.42. The SMILES string of the molecule is c1ccc(-c2cc(-c3ccc(-n4c5ccccc5c5c6oc(-c7ccccc7)c(-c7ccccc7)c6ccc54)cc3)nc(-c3ccccc3)n2)cc1. The minimum atomic E-state index is 0.704. The second-order valence-corrected chi connectivity index (χ2v) is 13.0. The highest BCUT2D eigenvalue weighted by Crippen LogP contribution is 2.46. The van der Waals surface area contributed by atoms with E-state index in [1.54, 1.807) is 0 Å². The summed E-state index contributed by atoms with van der Waals surface area (Å²) in [5.41, 5.74) is 12.3. The molecule has 3 heterocycles. The van der Waals surface area contributed by atoms with Crippen LogP contribution in [0.15, 0.2) is 192 Å². The van der Waals surface area contributed by atoms with Crippen molar-refractivity contribution in [1.29, 1.82) is 0 Å². The lowest BCUT2D eigenvalue weighted by Crippen LogP contribution is -1.97. The first-order valence-electron chi connectivity index (χ1n) is 17.5. The van der Waals surface area contributed by atoms with Crippen LogP contribution in [-0.4, -0.2) is 14.5 Å². The minimum Gasteiger partial charge on any atom is -0.455 e. The van der Waals surface area contributed by atoms with Crippen LogP contribution in [0.5, 0.6) is 0 Å². The van der Waals surface area contributed by atoms with Crippen LogP contribution in [0.25, 0.3) is 94.8 Å². The summed E-state index contributed by atoms with van der Waals surface area (Å²) in [6.07, 6.45) is 0. The predicted molar refractivity (Wildman–Crippen MR) is 213 cm³/mol. The molecule has 0 spiro atoms. The van der Waals surface area contributed by atoms with Crippen molar-refractivity contribution in [1.82, 2.24) is 14.5 Å². The lowest BCUT2D eigenvalue weighted by molar-refractivity contribution is 0.636. The van der Waals surface area contributed by atoms with Crippen LogP contribution in [0.2, 0.25) is 0 Å². The summed E-state index contributed by atoms with van der Waals surface area (Å²) in [6, 6.07) is 65.3. The third-order valence-corrected chi connectivity index (χ3v) is 9.84. The number of nitrogens with zero attached hydrogens (tertiary/aromatic N) is 3. The quantitative estimate of drug-likeness (QED) is 0.178. The van der Waals surface area contributed by atoms with Gasteiger partial charge in [-0.05, 0) is 42.0 Å². The van der Waals surface area contributed by atoms with Gasteiger partial charge in [0.25, 0.3) is 0 Å². The van der Waals surface area contributed by atoms with Crippen molar-refractivity contribution < 1.29 is 4.42 Å². The number of furan rings is 1. The predicted octanol–water partition coefficient (Wildman–Crippen LogP) is 12.7. The Bertz CT molecular complexity index is 2800. The van der Waals surface area contributed by atoms with Gasteiger partial charge in [0.05, 0.1) is 27.8 Å². The Balaban J connectivity index is 1.15. The first-order valence-corrected chi connectivity index (χ1v) is 17.5. The van der Waals surface area contributed by atoms with Crippen LogP contribution < -0.4 is 0 Å². The van der Waals surface area contributed by atoms with Crippen LogP contribution in [0.4, 0.5) is 0 Å². The zero-order chi connectivity index (χ0) is 34.4. The molecule has 0 fully saturated rings. The van der Waals surface area contributed by atoms with Crippen molar-refractivity contribution in [3.63, 3.8) is 0 Å². The summed E-state index contributed by atoms with van der Waals surface area (Å²) >= 11 is 0. The van der Waals surface area contributed by atoms with Gasteiger partial charge in [0.1, 0.15) is 11.3 Å². The second-order valence-electron chi connectivity index (χ2n) is 13.0. The summed E-state index contributed by atoms with van der Waals surface area (Å²) in [6.45, 7) is 0. The Kier molecular flexibility index (Phi) is 7.10. The Morgan fingerprint density at radius 1 is 0.404 bits per heavy atom. The van der Waals surface area contributed by atoms with Crippen LogP contribution >= 0.6 is 0 Å². The number of hydrogen-bond acceptors (Lipinski definition) is 3. The third-order valence-electron chi connectivity index (χ3n) is 9.84. The lowest BCUT2D eigenvalue weighted by Gasteiger charge is -2.11. The smallest absolute Gasteiger partial charge is 0.160 e. The fourth-order valence-electron chi connectivity index (χ4n) is 7.42. The Morgan fingerprint density at radius 2 is 0.942 bits per heavy atom. The zero-order valence-electron chi connectivity index (χ0n) is 28.1. The molecule has 0 radical (unpaired) electrons. The van der Waals surface area contributed by atoms with E-state index in [1.807, 2.05) is 42.5 Å². The van der Waals surface area contributed by atoms with E-state index in [1.165, 1.54) is 0 Å². The maximum absolute atomic E-state index is 6.96. The molecule has 52 heavy (non-hydrogen) atoms. The van der Waals surface area contributed by atoms with E-state index >= 15 is 0 Å². The molecule has 4 nitrogen and oxygen atoms in total. The van der Waals surface area contributed by atoms with Gasteiger partial charge in [0.15, 0.2) is 5.82 Å². The molecule has 7 aromatic carbocycles. The molecule has 4 heteroatoms. The highest BCUT2D eigenvalue weighted by atomic mass is 16.3. The molecule has 0 saturated carbocycles. The first-order chi connectivity index (χ1) is 25.8. The van der Waals surface area contributed by atoms with Gasteiger partial charge in [-0.15, -0.1) is 0 Å². The summed E-state index contributed by atoms with van der Waals surface area (Å²) in [4.78, 5) is 10.0. The van der Waals surface area contributed by atoms with Gasteiger partial charge in [-0.25, -0.2) is 9.97 Å². The van der Waals surface area contributed by atoms with Gasteiger partial charge in [-0.2, -0.15) is 0 Å². The largest absolute Gasteiger partial charge is 0.455 e. The van der Waals surface area contributed by atoms with E-state index in [0.29, 0.717) is 5.82 Å². The summed E-state index contributed by atoms with van der Waals surface area (Å²) in [7, 11) is 0. The Morgan fingerprint density at radius 3 is 1.60 bits per heavy atom. The van der Waals surface area contributed by atoms with Crippen molar-refractivity contribution in [3.05, 3.63) is 188 Å². The van der Waals surface area contributed by atoms with Gasteiger partial charge >= 0.3 is 0 Å².